The number of benzene rings is 2. The van der Waals surface area contributed by atoms with Crippen LogP contribution >= 0.6 is 0 Å². The minimum Gasteiger partial charge on any atom is -0.379 e. The molecule has 3 rings (SSSR count). The molecule has 1 N–H and O–H groups in total. The normalized spacial score (nSPS) is 11.6. The summed E-state index contributed by atoms with van der Waals surface area (Å²) in [5.41, 5.74) is 3.14. The van der Waals surface area contributed by atoms with Gasteiger partial charge in [0.2, 0.25) is 5.95 Å². The first kappa shape index (κ1) is 20.6. The molecule has 3 aromatic rings. The van der Waals surface area contributed by atoms with Crippen LogP contribution in [0.3, 0.4) is 0 Å². The van der Waals surface area contributed by atoms with Gasteiger partial charge in [0.1, 0.15) is 11.6 Å². The summed E-state index contributed by atoms with van der Waals surface area (Å²) in [5, 5.41) is 4.47. The fourth-order valence-corrected chi connectivity index (χ4v) is 2.77. The van der Waals surface area contributed by atoms with E-state index in [0.717, 1.165) is 12.1 Å². The molecule has 29 heavy (non-hydrogen) atoms. The smallest absolute Gasteiger partial charge is 0.262 e. The number of rotatable bonds is 8. The standard InChI is InChI=1S/C21H22F2N4O2/c1-14(2)29-11-5-10-27-20(28)17-6-3-4-7-19(17)25-21(27)26-24-13-15-8-9-16(22)12-18(15)23/h3-4,6-9,12-14H,5,10-11H2,1-2H3,(H,25,26)/b24-13-. The maximum absolute atomic E-state index is 13.8. The minimum absolute atomic E-state index is 0.106. The van der Waals surface area contributed by atoms with E-state index in [1.165, 1.54) is 16.8 Å². The number of ether oxygens (including phenoxy) is 1. The number of anilines is 1. The third kappa shape index (κ3) is 5.23. The summed E-state index contributed by atoms with van der Waals surface area (Å²) < 4.78 is 33.8. The SMILES string of the molecule is CC(C)OCCCn1c(N/N=C\c2ccc(F)cc2F)nc2ccccc2c1=O. The Morgan fingerprint density at radius 3 is 2.79 bits per heavy atom. The van der Waals surface area contributed by atoms with E-state index < -0.39 is 11.6 Å². The van der Waals surface area contributed by atoms with Crippen LogP contribution in [0.25, 0.3) is 10.9 Å². The van der Waals surface area contributed by atoms with Crippen LogP contribution in [0.15, 0.2) is 52.4 Å². The summed E-state index contributed by atoms with van der Waals surface area (Å²) in [4.78, 5) is 17.4. The molecule has 0 saturated heterocycles. The molecule has 0 aliphatic carbocycles. The van der Waals surface area contributed by atoms with Crippen molar-refractivity contribution >= 4 is 23.1 Å². The molecule has 1 aromatic heterocycles. The Bertz CT molecular complexity index is 1080. The number of aromatic nitrogens is 2. The number of hydrogen-bond acceptors (Lipinski definition) is 5. The second-order valence-electron chi connectivity index (χ2n) is 6.72. The first-order valence-electron chi connectivity index (χ1n) is 9.31. The maximum Gasteiger partial charge on any atom is 0.262 e. The highest BCUT2D eigenvalue weighted by Crippen LogP contribution is 2.12. The molecule has 0 unspecified atom stereocenters. The van der Waals surface area contributed by atoms with Crippen LogP contribution < -0.4 is 11.0 Å². The summed E-state index contributed by atoms with van der Waals surface area (Å²) in [7, 11) is 0. The van der Waals surface area contributed by atoms with Crippen molar-refractivity contribution in [1.82, 2.24) is 9.55 Å². The maximum atomic E-state index is 13.8. The molecule has 0 fully saturated rings. The molecule has 152 valence electrons. The number of hydrazone groups is 1. The van der Waals surface area contributed by atoms with Crippen LogP contribution in [-0.4, -0.2) is 28.5 Å². The lowest BCUT2D eigenvalue weighted by Gasteiger charge is -2.13. The Hall–Kier alpha value is -3.13. The quantitative estimate of drug-likeness (QED) is 0.353. The van der Waals surface area contributed by atoms with E-state index in [0.29, 0.717) is 30.5 Å². The summed E-state index contributed by atoms with van der Waals surface area (Å²) in [6.07, 6.45) is 1.93. The van der Waals surface area contributed by atoms with Crippen LogP contribution in [-0.2, 0) is 11.3 Å². The van der Waals surface area contributed by atoms with Crippen LogP contribution in [0.4, 0.5) is 14.7 Å². The molecule has 0 bridgehead atoms. The minimum atomic E-state index is -0.731. The molecule has 2 aromatic carbocycles. The molecule has 0 saturated carbocycles. The van der Waals surface area contributed by atoms with Crippen LogP contribution in [0, 0.1) is 11.6 Å². The van der Waals surface area contributed by atoms with Crippen molar-refractivity contribution in [2.24, 2.45) is 5.10 Å². The highest BCUT2D eigenvalue weighted by atomic mass is 19.1. The van der Waals surface area contributed by atoms with E-state index in [2.05, 4.69) is 15.5 Å². The lowest BCUT2D eigenvalue weighted by molar-refractivity contribution is 0.0748. The molecular weight excluding hydrogens is 378 g/mol. The van der Waals surface area contributed by atoms with Gasteiger partial charge >= 0.3 is 0 Å². The van der Waals surface area contributed by atoms with Crippen molar-refractivity contribution in [2.75, 3.05) is 12.0 Å². The molecule has 0 amide bonds. The highest BCUT2D eigenvalue weighted by molar-refractivity contribution is 5.81. The number of halogens is 2. The molecule has 0 aliphatic heterocycles. The fraction of sp³-hybridized carbons (Fsp3) is 0.286. The van der Waals surface area contributed by atoms with Gasteiger partial charge in [-0.2, -0.15) is 5.10 Å². The van der Waals surface area contributed by atoms with Gasteiger partial charge in [0.15, 0.2) is 0 Å². The predicted octanol–water partition coefficient (Wildman–Crippen LogP) is 3.94. The molecular formula is C21H22F2N4O2. The lowest BCUT2D eigenvalue weighted by Crippen LogP contribution is -2.25. The molecule has 0 radical (unpaired) electrons. The zero-order chi connectivity index (χ0) is 20.8. The van der Waals surface area contributed by atoms with E-state index in [9.17, 15) is 13.6 Å². The van der Waals surface area contributed by atoms with Gasteiger partial charge in [-0.05, 0) is 44.5 Å². The molecule has 0 atom stereocenters. The summed E-state index contributed by atoms with van der Waals surface area (Å²) in [6.45, 7) is 4.77. The Labute approximate surface area is 166 Å². The van der Waals surface area contributed by atoms with Gasteiger partial charge in [-0.3, -0.25) is 9.36 Å². The number of para-hydroxylation sites is 1. The van der Waals surface area contributed by atoms with E-state index in [-0.39, 0.29) is 23.2 Å². The number of fused-ring (bicyclic) bond motifs is 1. The van der Waals surface area contributed by atoms with E-state index >= 15 is 0 Å². The zero-order valence-corrected chi connectivity index (χ0v) is 16.2. The average molecular weight is 400 g/mol. The molecule has 0 spiro atoms. The van der Waals surface area contributed by atoms with Gasteiger partial charge in [0, 0.05) is 24.8 Å². The zero-order valence-electron chi connectivity index (χ0n) is 16.2. The third-order valence-electron chi connectivity index (χ3n) is 4.17. The molecule has 8 heteroatoms. The second kappa shape index (κ2) is 9.38. The van der Waals surface area contributed by atoms with Gasteiger partial charge in [-0.15, -0.1) is 0 Å². The van der Waals surface area contributed by atoms with Gasteiger partial charge < -0.3 is 4.74 Å². The van der Waals surface area contributed by atoms with Crippen LogP contribution in [0.2, 0.25) is 0 Å². The van der Waals surface area contributed by atoms with Crippen molar-refractivity contribution < 1.29 is 13.5 Å². The first-order chi connectivity index (χ1) is 14.0. The molecule has 6 nitrogen and oxygen atoms in total. The van der Waals surface area contributed by atoms with E-state index in [1.54, 1.807) is 24.3 Å². The van der Waals surface area contributed by atoms with Crippen LogP contribution in [0.5, 0.6) is 0 Å². The number of nitrogens with zero attached hydrogens (tertiary/aromatic N) is 3. The van der Waals surface area contributed by atoms with Crippen molar-refractivity contribution in [3.05, 3.63) is 70.0 Å². The number of nitrogens with one attached hydrogen (secondary N) is 1. The Morgan fingerprint density at radius 2 is 2.03 bits per heavy atom. The second-order valence-corrected chi connectivity index (χ2v) is 6.72. The van der Waals surface area contributed by atoms with Gasteiger partial charge in [-0.1, -0.05) is 12.1 Å². The predicted molar refractivity (Wildman–Crippen MR) is 109 cm³/mol. The lowest BCUT2D eigenvalue weighted by atomic mass is 10.2. The monoisotopic (exact) mass is 400 g/mol. The van der Waals surface area contributed by atoms with Crippen molar-refractivity contribution in [3.8, 4) is 0 Å². The summed E-state index contributed by atoms with van der Waals surface area (Å²) in [5.74, 6) is -1.16. The highest BCUT2D eigenvalue weighted by Gasteiger charge is 2.10. The molecule has 0 aliphatic rings. The fourth-order valence-electron chi connectivity index (χ4n) is 2.77. The molecule has 1 heterocycles. The Kier molecular flexibility index (Phi) is 6.66. The largest absolute Gasteiger partial charge is 0.379 e. The van der Waals surface area contributed by atoms with Crippen LogP contribution in [0.1, 0.15) is 25.8 Å². The Balaban J connectivity index is 1.87. The summed E-state index contributed by atoms with van der Waals surface area (Å²) >= 11 is 0. The first-order valence-corrected chi connectivity index (χ1v) is 9.31. The van der Waals surface area contributed by atoms with Gasteiger partial charge in [-0.25, -0.2) is 19.2 Å². The van der Waals surface area contributed by atoms with Crippen molar-refractivity contribution in [3.63, 3.8) is 0 Å². The number of hydrogen-bond donors (Lipinski definition) is 1. The topological polar surface area (TPSA) is 68.5 Å². The average Bonchev–Trinajstić information content (AvgIpc) is 2.68. The van der Waals surface area contributed by atoms with Crippen molar-refractivity contribution in [2.45, 2.75) is 32.9 Å². The Morgan fingerprint density at radius 1 is 1.24 bits per heavy atom. The van der Waals surface area contributed by atoms with Crippen molar-refractivity contribution in [1.29, 1.82) is 0 Å². The van der Waals surface area contributed by atoms with E-state index in [4.69, 9.17) is 4.74 Å². The van der Waals surface area contributed by atoms with Gasteiger partial charge in [0.05, 0.1) is 23.2 Å². The van der Waals surface area contributed by atoms with Gasteiger partial charge in [0.25, 0.3) is 5.56 Å². The van der Waals surface area contributed by atoms with E-state index in [1.807, 2.05) is 13.8 Å². The summed E-state index contributed by atoms with van der Waals surface area (Å²) in [6, 6.07) is 10.2. The third-order valence-corrected chi connectivity index (χ3v) is 4.17.